The Bertz CT molecular complexity index is 964. The summed E-state index contributed by atoms with van der Waals surface area (Å²) in [6, 6.07) is 17.6. The number of carbonyl (C=O) groups excluding carboxylic acids is 2. The number of hydrogen-bond acceptors (Lipinski definition) is 4. The molecular weight excluding hydrogens is 402 g/mol. The molecule has 1 fully saturated rings. The van der Waals surface area contributed by atoms with Crippen molar-refractivity contribution in [3.8, 4) is 0 Å². The predicted octanol–water partition coefficient (Wildman–Crippen LogP) is 2.08. The minimum Gasteiger partial charge on any atom is -0.348 e. The Kier molecular flexibility index (Phi) is 7.23. The number of amides is 2. The molecule has 2 N–H and O–H groups in total. The topological polar surface area (TPSA) is 95.6 Å². The van der Waals surface area contributed by atoms with E-state index in [1.165, 1.54) is 4.31 Å². The Labute approximate surface area is 177 Å². The van der Waals surface area contributed by atoms with Gasteiger partial charge in [0.2, 0.25) is 21.8 Å². The Morgan fingerprint density at radius 3 is 2.37 bits per heavy atom. The predicted molar refractivity (Wildman–Crippen MR) is 114 cm³/mol. The number of carbonyl (C=O) groups is 2. The second-order valence-electron chi connectivity index (χ2n) is 7.43. The van der Waals surface area contributed by atoms with Crippen LogP contribution in [0.4, 0.5) is 0 Å². The van der Waals surface area contributed by atoms with Crippen LogP contribution in [0.2, 0.25) is 0 Å². The van der Waals surface area contributed by atoms with Crippen molar-refractivity contribution in [1.29, 1.82) is 0 Å². The summed E-state index contributed by atoms with van der Waals surface area (Å²) >= 11 is 0. The molecule has 0 unspecified atom stereocenters. The first kappa shape index (κ1) is 22.0. The van der Waals surface area contributed by atoms with Gasteiger partial charge in [0.1, 0.15) is 0 Å². The molecule has 1 aliphatic heterocycles. The zero-order valence-corrected chi connectivity index (χ0v) is 17.8. The zero-order chi connectivity index (χ0) is 21.6. The lowest BCUT2D eigenvalue weighted by atomic mass is 9.99. The van der Waals surface area contributed by atoms with Gasteiger partial charge in [-0.2, -0.15) is 4.31 Å². The number of sulfonamides is 1. The molecular formula is C22H27N3O4S. The normalized spacial score (nSPS) is 18.4. The summed E-state index contributed by atoms with van der Waals surface area (Å²) in [5.74, 6) is -1.06. The van der Waals surface area contributed by atoms with E-state index in [1.54, 1.807) is 30.3 Å². The van der Waals surface area contributed by atoms with Crippen LogP contribution < -0.4 is 10.6 Å². The summed E-state index contributed by atoms with van der Waals surface area (Å²) in [6.45, 7) is 2.24. The molecule has 0 bridgehead atoms. The molecule has 2 atom stereocenters. The molecule has 1 aliphatic rings. The van der Waals surface area contributed by atoms with Gasteiger partial charge < -0.3 is 10.6 Å². The summed E-state index contributed by atoms with van der Waals surface area (Å²) in [5.41, 5.74) is 0.978. The second-order valence-corrected chi connectivity index (χ2v) is 9.37. The first-order chi connectivity index (χ1) is 14.4. The van der Waals surface area contributed by atoms with Gasteiger partial charge in [-0.25, -0.2) is 8.42 Å². The first-order valence-corrected chi connectivity index (χ1v) is 11.5. The maximum absolute atomic E-state index is 12.8. The maximum atomic E-state index is 12.8. The van der Waals surface area contributed by atoms with E-state index >= 15 is 0 Å². The summed E-state index contributed by atoms with van der Waals surface area (Å²) in [4.78, 5) is 25.0. The van der Waals surface area contributed by atoms with Crippen LogP contribution in [0.5, 0.6) is 0 Å². The third kappa shape index (κ3) is 5.46. The lowest BCUT2D eigenvalue weighted by Crippen LogP contribution is -2.47. The molecule has 2 aromatic rings. The molecule has 0 saturated carbocycles. The number of piperidine rings is 1. The molecule has 30 heavy (non-hydrogen) atoms. The number of nitrogens with zero attached hydrogens (tertiary/aromatic N) is 1. The summed E-state index contributed by atoms with van der Waals surface area (Å²) in [6.07, 6.45) is 1.19. The Morgan fingerprint density at radius 2 is 1.70 bits per heavy atom. The van der Waals surface area contributed by atoms with Gasteiger partial charge in [-0.1, -0.05) is 48.5 Å². The molecule has 0 aromatic heterocycles. The molecule has 1 saturated heterocycles. The highest BCUT2D eigenvalue weighted by Gasteiger charge is 2.33. The monoisotopic (exact) mass is 429 g/mol. The maximum Gasteiger partial charge on any atom is 0.243 e. The van der Waals surface area contributed by atoms with Gasteiger partial charge in [-0.15, -0.1) is 0 Å². The number of rotatable bonds is 7. The molecule has 160 valence electrons. The van der Waals surface area contributed by atoms with E-state index in [0.29, 0.717) is 19.4 Å². The fourth-order valence-corrected chi connectivity index (χ4v) is 5.09. The molecule has 2 aromatic carbocycles. The van der Waals surface area contributed by atoms with Gasteiger partial charge in [-0.05, 0) is 37.5 Å². The van der Waals surface area contributed by atoms with E-state index < -0.39 is 15.9 Å². The fourth-order valence-electron chi connectivity index (χ4n) is 3.55. The van der Waals surface area contributed by atoms with Crippen molar-refractivity contribution < 1.29 is 18.0 Å². The Hall–Kier alpha value is -2.71. The smallest absolute Gasteiger partial charge is 0.243 e. The summed E-state index contributed by atoms with van der Waals surface area (Å²) in [5, 5.41) is 5.50. The minimum absolute atomic E-state index is 0.116. The average Bonchev–Trinajstić information content (AvgIpc) is 2.78. The van der Waals surface area contributed by atoms with Gasteiger partial charge in [0.15, 0.2) is 0 Å². The van der Waals surface area contributed by atoms with Gasteiger partial charge in [0, 0.05) is 13.1 Å². The molecule has 2 amide bonds. The third-order valence-electron chi connectivity index (χ3n) is 5.24. The van der Waals surface area contributed by atoms with E-state index in [0.717, 1.165) is 5.56 Å². The van der Waals surface area contributed by atoms with Crippen molar-refractivity contribution in [2.45, 2.75) is 30.7 Å². The van der Waals surface area contributed by atoms with Crippen molar-refractivity contribution in [1.82, 2.24) is 14.9 Å². The van der Waals surface area contributed by atoms with Crippen LogP contribution in [0.1, 0.15) is 31.4 Å². The van der Waals surface area contributed by atoms with Crippen LogP contribution in [0, 0.1) is 5.92 Å². The highest BCUT2D eigenvalue weighted by atomic mass is 32.2. The van der Waals surface area contributed by atoms with Crippen LogP contribution in [0.3, 0.4) is 0 Å². The quantitative estimate of drug-likeness (QED) is 0.704. The van der Waals surface area contributed by atoms with Crippen molar-refractivity contribution in [3.63, 3.8) is 0 Å². The van der Waals surface area contributed by atoms with Crippen LogP contribution in [0.15, 0.2) is 65.6 Å². The highest BCUT2D eigenvalue weighted by molar-refractivity contribution is 7.89. The van der Waals surface area contributed by atoms with E-state index in [-0.39, 0.29) is 35.8 Å². The zero-order valence-electron chi connectivity index (χ0n) is 17.0. The summed E-state index contributed by atoms with van der Waals surface area (Å²) < 4.78 is 27.0. The summed E-state index contributed by atoms with van der Waals surface area (Å²) in [7, 11) is -3.63. The van der Waals surface area contributed by atoms with Crippen LogP contribution in [-0.4, -0.2) is 44.2 Å². The van der Waals surface area contributed by atoms with E-state index in [1.807, 2.05) is 37.3 Å². The third-order valence-corrected chi connectivity index (χ3v) is 7.12. The van der Waals surface area contributed by atoms with E-state index in [9.17, 15) is 18.0 Å². The molecule has 7 nitrogen and oxygen atoms in total. The Morgan fingerprint density at radius 1 is 1.07 bits per heavy atom. The number of hydrogen-bond donors (Lipinski definition) is 2. The standard InChI is InChI=1S/C22H27N3O4S/c1-17(18-9-4-2-5-10-18)24-21(26)15-23-22(27)19-11-8-14-25(16-19)30(28,29)20-12-6-3-7-13-20/h2-7,9-10,12-13,17,19H,8,11,14-16H2,1H3,(H,23,27)(H,24,26)/t17-,19-/m0/s1. The highest BCUT2D eigenvalue weighted by Crippen LogP contribution is 2.23. The molecule has 8 heteroatoms. The van der Waals surface area contributed by atoms with Crippen molar-refractivity contribution in [3.05, 3.63) is 66.2 Å². The van der Waals surface area contributed by atoms with E-state index in [4.69, 9.17) is 0 Å². The van der Waals surface area contributed by atoms with Crippen LogP contribution >= 0.6 is 0 Å². The van der Waals surface area contributed by atoms with Gasteiger partial charge in [0.25, 0.3) is 0 Å². The number of benzene rings is 2. The van der Waals surface area contributed by atoms with Gasteiger partial charge in [0.05, 0.1) is 23.4 Å². The molecule has 0 spiro atoms. The molecule has 3 rings (SSSR count). The Balaban J connectivity index is 1.52. The van der Waals surface area contributed by atoms with Crippen molar-refractivity contribution in [2.75, 3.05) is 19.6 Å². The number of nitrogens with one attached hydrogen (secondary N) is 2. The van der Waals surface area contributed by atoms with Crippen LogP contribution in [-0.2, 0) is 19.6 Å². The van der Waals surface area contributed by atoms with Gasteiger partial charge in [-0.3, -0.25) is 9.59 Å². The molecule has 0 aliphatic carbocycles. The lowest BCUT2D eigenvalue weighted by Gasteiger charge is -2.31. The fraction of sp³-hybridized carbons (Fsp3) is 0.364. The lowest BCUT2D eigenvalue weighted by molar-refractivity contribution is -0.129. The minimum atomic E-state index is -3.63. The largest absolute Gasteiger partial charge is 0.348 e. The molecule has 0 radical (unpaired) electrons. The first-order valence-electron chi connectivity index (χ1n) is 10.0. The average molecular weight is 430 g/mol. The van der Waals surface area contributed by atoms with Gasteiger partial charge >= 0.3 is 0 Å². The van der Waals surface area contributed by atoms with Crippen molar-refractivity contribution >= 4 is 21.8 Å². The van der Waals surface area contributed by atoms with Crippen molar-refractivity contribution in [2.24, 2.45) is 5.92 Å². The van der Waals surface area contributed by atoms with Crippen LogP contribution in [0.25, 0.3) is 0 Å². The SMILES string of the molecule is C[C@H](NC(=O)CNC(=O)[C@H]1CCCN(S(=O)(=O)c2ccccc2)C1)c1ccccc1. The van der Waals surface area contributed by atoms with E-state index in [2.05, 4.69) is 10.6 Å². The second kappa shape index (κ2) is 9.86. The molecule has 1 heterocycles.